The molecule has 2 N–H and O–H groups in total. The Morgan fingerprint density at radius 2 is 2.10 bits per heavy atom. The van der Waals surface area contributed by atoms with Crippen LogP contribution in [0.3, 0.4) is 0 Å². The molecule has 1 aromatic heterocycles. The molecule has 0 unspecified atom stereocenters. The lowest BCUT2D eigenvalue weighted by atomic mass is 10.1. The summed E-state index contributed by atoms with van der Waals surface area (Å²) in [7, 11) is 1.48. The molecule has 0 aliphatic rings. The fraction of sp³-hybridized carbons (Fsp3) is 0.333. The zero-order valence-corrected chi connectivity index (χ0v) is 11.8. The standard InChI is InChI=1S/C15H18N2O3/c1-9(2)6-11-8-14(19)17-15(16-11)10-4-5-13(20-3)12(18)7-10/h4-5,7-9,18H,6H2,1-3H3,(H,16,17,19). The van der Waals surface area contributed by atoms with E-state index >= 15 is 0 Å². The van der Waals surface area contributed by atoms with E-state index < -0.39 is 0 Å². The molecular weight excluding hydrogens is 256 g/mol. The number of hydrogen-bond donors (Lipinski definition) is 2. The van der Waals surface area contributed by atoms with Gasteiger partial charge in [0.15, 0.2) is 11.5 Å². The van der Waals surface area contributed by atoms with Crippen molar-refractivity contribution in [1.29, 1.82) is 0 Å². The molecular formula is C15H18N2O3. The maximum Gasteiger partial charge on any atom is 0.251 e. The zero-order valence-electron chi connectivity index (χ0n) is 11.8. The van der Waals surface area contributed by atoms with E-state index in [9.17, 15) is 9.90 Å². The lowest BCUT2D eigenvalue weighted by Crippen LogP contribution is -2.11. The number of nitrogens with one attached hydrogen (secondary N) is 1. The fourth-order valence-electron chi connectivity index (χ4n) is 2.00. The minimum atomic E-state index is -0.194. The van der Waals surface area contributed by atoms with Gasteiger partial charge in [0.05, 0.1) is 7.11 Å². The minimum Gasteiger partial charge on any atom is -0.504 e. The van der Waals surface area contributed by atoms with Crippen molar-refractivity contribution in [2.24, 2.45) is 5.92 Å². The molecule has 0 amide bonds. The third-order valence-electron chi connectivity index (χ3n) is 2.86. The molecule has 5 nitrogen and oxygen atoms in total. The van der Waals surface area contributed by atoms with Gasteiger partial charge in [-0.2, -0.15) is 0 Å². The number of aromatic hydroxyl groups is 1. The van der Waals surface area contributed by atoms with Crippen molar-refractivity contribution in [2.75, 3.05) is 7.11 Å². The van der Waals surface area contributed by atoms with Crippen LogP contribution in [0.25, 0.3) is 11.4 Å². The van der Waals surface area contributed by atoms with Crippen molar-refractivity contribution < 1.29 is 9.84 Å². The SMILES string of the molecule is COc1ccc(-c2nc(CC(C)C)cc(=O)[nH]2)cc1O. The van der Waals surface area contributed by atoms with Gasteiger partial charge in [-0.05, 0) is 30.5 Å². The second-order valence-electron chi connectivity index (χ2n) is 5.07. The number of ether oxygens (including phenoxy) is 1. The van der Waals surface area contributed by atoms with Gasteiger partial charge in [-0.1, -0.05) is 13.8 Å². The highest BCUT2D eigenvalue weighted by Gasteiger charge is 2.09. The molecule has 0 aliphatic heterocycles. The lowest BCUT2D eigenvalue weighted by Gasteiger charge is -2.08. The highest BCUT2D eigenvalue weighted by Crippen LogP contribution is 2.29. The summed E-state index contributed by atoms with van der Waals surface area (Å²) >= 11 is 0. The van der Waals surface area contributed by atoms with E-state index in [1.54, 1.807) is 12.1 Å². The number of phenolic OH excluding ortho intramolecular Hbond substituents is 1. The first kappa shape index (κ1) is 14.1. The predicted octanol–water partition coefficient (Wildman–Crippen LogP) is 2.35. The molecule has 0 atom stereocenters. The van der Waals surface area contributed by atoms with Gasteiger partial charge >= 0.3 is 0 Å². The van der Waals surface area contributed by atoms with E-state index in [-0.39, 0.29) is 11.3 Å². The summed E-state index contributed by atoms with van der Waals surface area (Å²) in [6, 6.07) is 6.42. The van der Waals surface area contributed by atoms with Gasteiger partial charge < -0.3 is 14.8 Å². The number of benzene rings is 1. The van der Waals surface area contributed by atoms with E-state index in [4.69, 9.17) is 4.74 Å². The van der Waals surface area contributed by atoms with Crippen LogP contribution < -0.4 is 10.3 Å². The Balaban J connectivity index is 2.44. The average molecular weight is 274 g/mol. The van der Waals surface area contributed by atoms with Crippen molar-refractivity contribution in [3.05, 3.63) is 40.3 Å². The molecule has 0 spiro atoms. The second kappa shape index (κ2) is 5.77. The molecule has 0 aliphatic carbocycles. The zero-order chi connectivity index (χ0) is 14.7. The van der Waals surface area contributed by atoms with Gasteiger partial charge in [0, 0.05) is 17.3 Å². The number of aromatic amines is 1. The molecule has 0 fully saturated rings. The average Bonchev–Trinajstić information content (AvgIpc) is 2.37. The second-order valence-corrected chi connectivity index (χ2v) is 5.07. The van der Waals surface area contributed by atoms with Crippen LogP contribution in [0, 0.1) is 5.92 Å². The summed E-state index contributed by atoms with van der Waals surface area (Å²) in [4.78, 5) is 18.8. The van der Waals surface area contributed by atoms with Crippen LogP contribution in [0.4, 0.5) is 0 Å². The Labute approximate surface area is 117 Å². The summed E-state index contributed by atoms with van der Waals surface area (Å²) < 4.78 is 4.99. The quantitative estimate of drug-likeness (QED) is 0.897. The number of phenols is 1. The highest BCUT2D eigenvalue weighted by atomic mass is 16.5. The molecule has 0 saturated heterocycles. The topological polar surface area (TPSA) is 75.2 Å². The van der Waals surface area contributed by atoms with Gasteiger partial charge in [-0.3, -0.25) is 4.79 Å². The van der Waals surface area contributed by atoms with E-state index in [0.717, 1.165) is 12.1 Å². The molecule has 1 aromatic carbocycles. The van der Waals surface area contributed by atoms with Crippen LogP contribution in [0.2, 0.25) is 0 Å². The fourth-order valence-corrected chi connectivity index (χ4v) is 2.00. The third kappa shape index (κ3) is 3.17. The Morgan fingerprint density at radius 1 is 1.35 bits per heavy atom. The van der Waals surface area contributed by atoms with Crippen molar-refractivity contribution in [3.8, 4) is 22.9 Å². The number of methoxy groups -OCH3 is 1. The number of hydrogen-bond acceptors (Lipinski definition) is 4. The van der Waals surface area contributed by atoms with E-state index in [1.807, 2.05) is 0 Å². The van der Waals surface area contributed by atoms with Crippen molar-refractivity contribution in [3.63, 3.8) is 0 Å². The summed E-state index contributed by atoms with van der Waals surface area (Å²) in [5.41, 5.74) is 1.20. The molecule has 0 bridgehead atoms. The van der Waals surface area contributed by atoms with Crippen molar-refractivity contribution in [1.82, 2.24) is 9.97 Å². The van der Waals surface area contributed by atoms with Crippen LogP contribution in [-0.4, -0.2) is 22.2 Å². The predicted molar refractivity (Wildman–Crippen MR) is 77.1 cm³/mol. The lowest BCUT2D eigenvalue weighted by molar-refractivity contribution is 0.373. The number of aromatic nitrogens is 2. The first-order chi connectivity index (χ1) is 9.49. The summed E-state index contributed by atoms with van der Waals surface area (Å²) in [6.45, 7) is 4.14. The summed E-state index contributed by atoms with van der Waals surface area (Å²) in [5, 5.41) is 9.79. The van der Waals surface area contributed by atoms with E-state index in [0.29, 0.717) is 23.1 Å². The van der Waals surface area contributed by atoms with Gasteiger partial charge in [0.2, 0.25) is 0 Å². The molecule has 1 heterocycles. The van der Waals surface area contributed by atoms with E-state index in [2.05, 4.69) is 23.8 Å². The number of nitrogens with zero attached hydrogens (tertiary/aromatic N) is 1. The molecule has 0 saturated carbocycles. The Kier molecular flexibility index (Phi) is 4.08. The van der Waals surface area contributed by atoms with Crippen LogP contribution in [-0.2, 0) is 6.42 Å². The third-order valence-corrected chi connectivity index (χ3v) is 2.86. The molecule has 2 aromatic rings. The highest BCUT2D eigenvalue weighted by molar-refractivity contribution is 5.60. The van der Waals surface area contributed by atoms with Gasteiger partial charge in [0.1, 0.15) is 5.82 Å². The largest absolute Gasteiger partial charge is 0.504 e. The van der Waals surface area contributed by atoms with Crippen molar-refractivity contribution >= 4 is 0 Å². The number of H-pyrrole nitrogens is 1. The maximum atomic E-state index is 11.7. The minimum absolute atomic E-state index is 0.0157. The first-order valence-corrected chi connectivity index (χ1v) is 6.47. The Morgan fingerprint density at radius 3 is 2.70 bits per heavy atom. The Bertz CT molecular complexity index is 662. The molecule has 5 heteroatoms. The van der Waals surface area contributed by atoms with Crippen LogP contribution in [0.5, 0.6) is 11.5 Å². The molecule has 20 heavy (non-hydrogen) atoms. The molecule has 0 radical (unpaired) electrons. The van der Waals surface area contributed by atoms with Crippen LogP contribution >= 0.6 is 0 Å². The smallest absolute Gasteiger partial charge is 0.251 e. The Hall–Kier alpha value is -2.30. The summed E-state index contributed by atoms with van der Waals surface area (Å²) in [6.07, 6.45) is 0.735. The summed E-state index contributed by atoms with van der Waals surface area (Å²) in [5.74, 6) is 1.27. The van der Waals surface area contributed by atoms with Crippen LogP contribution in [0.1, 0.15) is 19.5 Å². The van der Waals surface area contributed by atoms with Gasteiger partial charge in [-0.15, -0.1) is 0 Å². The molecule has 106 valence electrons. The normalized spacial score (nSPS) is 10.8. The monoisotopic (exact) mass is 274 g/mol. The van der Waals surface area contributed by atoms with Gasteiger partial charge in [-0.25, -0.2) is 4.98 Å². The van der Waals surface area contributed by atoms with Crippen molar-refractivity contribution in [2.45, 2.75) is 20.3 Å². The van der Waals surface area contributed by atoms with Crippen LogP contribution in [0.15, 0.2) is 29.1 Å². The van der Waals surface area contributed by atoms with Gasteiger partial charge in [0.25, 0.3) is 5.56 Å². The number of rotatable bonds is 4. The van der Waals surface area contributed by atoms with E-state index in [1.165, 1.54) is 19.2 Å². The maximum absolute atomic E-state index is 11.7. The first-order valence-electron chi connectivity index (χ1n) is 6.47. The molecule has 2 rings (SSSR count).